The molecule has 25 nitrogen and oxygen atoms in total. The van der Waals surface area contributed by atoms with Gasteiger partial charge in [0.15, 0.2) is 29.1 Å². The molecule has 3 aromatic carbocycles. The number of nitrogens with one attached hydrogen (secondary N) is 6. The average Bonchev–Trinajstić information content (AvgIpc) is 1.56. The molecule has 9 rings (SSSR count). The molecule has 0 radical (unpaired) electrons. The van der Waals surface area contributed by atoms with Crippen molar-refractivity contribution in [2.24, 2.45) is 34.3 Å². The molecule has 1 unspecified atom stereocenters. The van der Waals surface area contributed by atoms with E-state index in [-0.39, 0.29) is 121 Å². The Morgan fingerprint density at radius 2 is 1.46 bits per heavy atom. The molecular weight excluding hydrogens is 1330 g/mol. The highest BCUT2D eigenvalue weighted by molar-refractivity contribution is 6.02. The Morgan fingerprint density at radius 1 is 0.767 bits per heavy atom. The zero-order valence-electron chi connectivity index (χ0n) is 59.7. The first-order valence-electron chi connectivity index (χ1n) is 35.9. The van der Waals surface area contributed by atoms with Crippen LogP contribution in [-0.4, -0.2) is 179 Å². The van der Waals surface area contributed by atoms with E-state index in [9.17, 15) is 48.3 Å². The summed E-state index contributed by atoms with van der Waals surface area (Å²) >= 11 is 0. The molecule has 2 aliphatic heterocycles. The third kappa shape index (κ3) is 18.4. The number of alkyl carbamates (subject to hydrolysis) is 1. The number of urea groups is 1. The number of carbonyl (C=O) groups excluding carboxylic acids is 9. The highest BCUT2D eigenvalue weighted by Crippen LogP contribution is 2.72. The number of halogens is 2. The second-order valence-electron chi connectivity index (χ2n) is 27.9. The summed E-state index contributed by atoms with van der Waals surface area (Å²) in [6, 6.07) is 19.2. The summed E-state index contributed by atoms with van der Waals surface area (Å²) in [5.41, 5.74) is 4.11. The molecule has 103 heavy (non-hydrogen) atoms. The molecule has 3 aromatic rings. The standard InChI is InChI=1S/C76H100F2N8O17/c1-7-14-67-102-63-42-55-56-41-58(77)57-40-53(87)26-28-73(57,5)75(56,78)61(88)43-74(55,6)76(63,103-67)62(89)44-82-72(96)101-46-48-20-22-52(23-21-48)83-69(93)59(18-13-29-81-71(79)95)84-70(94)68(47(3)4)85-65(91)27-31-97-33-35-99-37-38-100-36-34-98-32-30-80-64(90)24-25-66(92)86-45-51-16-10-9-15-50(51)39-49(8-2)54-17-11-12-19-60(54)86/h9-12,15-17,19-23,26,28,39-40,47,55-56,58-59,61,63,67-68,88H,7-8,13-14,18,24-25,27,29-38,41-46H2,1-6H3,(H,80,90)(H,82,96)(H,83,93)(H,84,94)(H,85,91)(H3,79,81,95)/b49-39-/t55?,56-,58-,59-,61-,63+,67-,68-,73-,74-,75-,76+/m0/s1. The van der Waals surface area contributed by atoms with Crippen LogP contribution in [0.3, 0.4) is 0 Å². The fraction of sp³-hybridized carbons (Fsp3) is 0.566. The maximum atomic E-state index is 18.0. The minimum atomic E-state index is -2.39. The summed E-state index contributed by atoms with van der Waals surface area (Å²) in [6.45, 7) is 12.6. The van der Waals surface area contributed by atoms with Gasteiger partial charge in [0.2, 0.25) is 29.5 Å². The van der Waals surface area contributed by atoms with E-state index in [0.717, 1.165) is 40.4 Å². The lowest BCUT2D eigenvalue weighted by Gasteiger charge is -2.63. The van der Waals surface area contributed by atoms with Gasteiger partial charge in [0.1, 0.15) is 24.9 Å². The summed E-state index contributed by atoms with van der Waals surface area (Å²) in [4.78, 5) is 121. The smallest absolute Gasteiger partial charge is 0.407 e. The van der Waals surface area contributed by atoms with Crippen LogP contribution in [0.15, 0.2) is 96.6 Å². The summed E-state index contributed by atoms with van der Waals surface area (Å²) in [5.74, 6) is -5.30. The number of hydrogen-bond acceptors (Lipinski definition) is 17. The third-order valence-electron chi connectivity index (χ3n) is 20.9. The van der Waals surface area contributed by atoms with E-state index in [0.29, 0.717) is 50.5 Å². The number of anilines is 2. The Kier molecular flexibility index (Phi) is 27.5. The number of ether oxygens (including phenoxy) is 7. The van der Waals surface area contributed by atoms with Crippen molar-refractivity contribution in [2.45, 2.75) is 173 Å². The molecule has 4 aliphatic carbocycles. The lowest BCUT2D eigenvalue weighted by molar-refractivity contribution is -0.233. The number of hydrogen-bond donors (Lipinski definition) is 8. The van der Waals surface area contributed by atoms with Crippen molar-refractivity contribution in [2.75, 3.05) is 82.7 Å². The molecule has 12 atom stereocenters. The number of rotatable bonds is 36. The van der Waals surface area contributed by atoms with Gasteiger partial charge < -0.3 is 80.8 Å². The van der Waals surface area contributed by atoms with E-state index in [1.165, 1.54) is 19.1 Å². The Morgan fingerprint density at radius 3 is 2.16 bits per heavy atom. The van der Waals surface area contributed by atoms with Gasteiger partial charge in [-0.1, -0.05) is 108 Å². The van der Waals surface area contributed by atoms with Gasteiger partial charge in [0, 0.05) is 60.4 Å². The molecule has 8 amide bonds. The average molecular weight is 1440 g/mol. The number of carbonyl (C=O) groups is 9. The second-order valence-corrected chi connectivity index (χ2v) is 27.9. The zero-order valence-corrected chi connectivity index (χ0v) is 59.7. The number of benzene rings is 3. The van der Waals surface area contributed by atoms with Gasteiger partial charge in [0.05, 0.1) is 83.8 Å². The zero-order chi connectivity index (χ0) is 74.1. The number of ketones is 2. The van der Waals surface area contributed by atoms with Crippen molar-refractivity contribution < 1.29 is 90.2 Å². The van der Waals surface area contributed by atoms with Gasteiger partial charge in [-0.25, -0.2) is 18.4 Å². The fourth-order valence-electron chi connectivity index (χ4n) is 15.6. The van der Waals surface area contributed by atoms with Gasteiger partial charge in [0.25, 0.3) is 0 Å². The van der Waals surface area contributed by atoms with E-state index in [4.69, 9.17) is 38.9 Å². The van der Waals surface area contributed by atoms with Crippen LogP contribution in [-0.2, 0) is 79.9 Å². The Bertz CT molecular complexity index is 3630. The fourth-order valence-corrected chi connectivity index (χ4v) is 15.6. The SMILES string of the molecule is CCC[C@H]1O[C@@H]2CC3[C@@H]4C[C@H](F)C5=CC(=O)C=C[C@]5(C)[C@@]4(F)[C@@H](O)C[C@]3(C)[C@]2(C(=O)CNC(=O)OCc2ccc(NC(=O)[C@H](CCCNC(N)=O)NC(=O)[C@@H](NC(=O)CCOCCOCCOCCOCCNC(=O)CCC(=O)N3Cc4ccccc4/C=C(/CC)c4ccccc43)C(C)C)cc2)O1. The molecule has 6 aliphatic rings. The lowest BCUT2D eigenvalue weighted by atomic mass is 9.44. The monoisotopic (exact) mass is 1430 g/mol. The number of alkyl halides is 2. The van der Waals surface area contributed by atoms with Crippen LogP contribution in [0, 0.1) is 28.6 Å². The summed E-state index contributed by atoms with van der Waals surface area (Å²) in [7, 11) is 0. The van der Waals surface area contributed by atoms with Crippen molar-refractivity contribution in [3.63, 3.8) is 0 Å². The molecule has 0 spiro atoms. The van der Waals surface area contributed by atoms with Crippen LogP contribution in [0.25, 0.3) is 11.6 Å². The Balaban J connectivity index is 0.645. The predicted octanol–water partition coefficient (Wildman–Crippen LogP) is 7.55. The molecule has 9 N–H and O–H groups in total. The van der Waals surface area contributed by atoms with Crippen molar-refractivity contribution in [3.8, 4) is 0 Å². The van der Waals surface area contributed by atoms with Gasteiger partial charge in [-0.2, -0.15) is 0 Å². The molecule has 2 heterocycles. The minimum absolute atomic E-state index is 0.0189. The number of aliphatic hydroxyl groups is 1. The van der Waals surface area contributed by atoms with Crippen LogP contribution >= 0.6 is 0 Å². The van der Waals surface area contributed by atoms with Crippen LogP contribution in [0.4, 0.5) is 29.7 Å². The third-order valence-corrected chi connectivity index (χ3v) is 20.9. The summed E-state index contributed by atoms with van der Waals surface area (Å²) in [6.07, 6.45) is 1.61. The highest BCUT2D eigenvalue weighted by Gasteiger charge is 2.80. The van der Waals surface area contributed by atoms with Crippen molar-refractivity contribution in [1.82, 2.24) is 26.6 Å². The van der Waals surface area contributed by atoms with Gasteiger partial charge in [-0.05, 0) is 122 Å². The number of nitrogens with two attached hydrogens (primary N) is 1. The summed E-state index contributed by atoms with van der Waals surface area (Å²) in [5, 5.41) is 28.0. The second kappa shape index (κ2) is 35.9. The van der Waals surface area contributed by atoms with Crippen LogP contribution in [0.5, 0.6) is 0 Å². The number of nitrogens with zero attached hydrogens (tertiary/aromatic N) is 1. The largest absolute Gasteiger partial charge is 0.445 e. The maximum Gasteiger partial charge on any atom is 0.407 e. The minimum Gasteiger partial charge on any atom is -0.445 e. The number of primary amides is 1. The number of amides is 8. The molecule has 560 valence electrons. The van der Waals surface area contributed by atoms with E-state index < -0.39 is 125 Å². The van der Waals surface area contributed by atoms with Gasteiger partial charge >= 0.3 is 12.1 Å². The van der Waals surface area contributed by atoms with Crippen molar-refractivity contribution in [3.05, 3.63) is 119 Å². The highest BCUT2D eigenvalue weighted by atomic mass is 19.1. The molecule has 0 aromatic heterocycles. The van der Waals surface area contributed by atoms with Crippen LogP contribution in [0.1, 0.15) is 134 Å². The van der Waals surface area contributed by atoms with Gasteiger partial charge in [-0.3, -0.25) is 33.6 Å². The normalized spacial score (nSPS) is 26.2. The Hall–Kier alpha value is -8.31. The number of allylic oxidation sites excluding steroid dienone is 5. The Labute approximate surface area is 599 Å². The first kappa shape index (κ1) is 78.8. The first-order chi connectivity index (χ1) is 49.4. The van der Waals surface area contributed by atoms with Crippen molar-refractivity contribution >= 4 is 76.3 Å². The number of Topliss-reactive ketones (excluding diaryl/α,β-unsaturated/α-hetero) is 1. The topological polar surface area (TPSA) is 340 Å². The first-order valence-corrected chi connectivity index (χ1v) is 35.9. The maximum absolute atomic E-state index is 18.0. The summed E-state index contributed by atoms with van der Waals surface area (Å²) < 4.78 is 74.9. The van der Waals surface area contributed by atoms with E-state index in [1.54, 1.807) is 49.9 Å². The molecular formula is C76H100F2N8O17. The van der Waals surface area contributed by atoms with E-state index in [2.05, 4.69) is 51.0 Å². The molecule has 3 saturated carbocycles. The predicted molar refractivity (Wildman–Crippen MR) is 378 cm³/mol. The quantitative estimate of drug-likeness (QED) is 0.0260. The number of aliphatic hydroxyl groups excluding tert-OH is 1. The van der Waals surface area contributed by atoms with Crippen LogP contribution < -0.4 is 42.5 Å². The van der Waals surface area contributed by atoms with Gasteiger partial charge in [-0.15, -0.1) is 0 Å². The number of fused-ring (bicyclic) bond motifs is 9. The van der Waals surface area contributed by atoms with Crippen molar-refractivity contribution in [1.29, 1.82) is 0 Å². The number of para-hydroxylation sites is 1. The molecule has 4 fully saturated rings. The molecule has 27 heteroatoms. The lowest BCUT2D eigenvalue weighted by Crippen LogP contribution is -2.71. The molecule has 1 saturated heterocycles. The molecule has 0 bridgehead atoms. The van der Waals surface area contributed by atoms with E-state index in [1.807, 2.05) is 49.4 Å². The van der Waals surface area contributed by atoms with Crippen LogP contribution in [0.2, 0.25) is 0 Å². The van der Waals surface area contributed by atoms with E-state index >= 15 is 8.78 Å².